The molecule has 2 aromatic heterocycles. The van der Waals surface area contributed by atoms with Gasteiger partial charge in [0.1, 0.15) is 11.5 Å². The molecule has 0 fully saturated rings. The van der Waals surface area contributed by atoms with E-state index in [0.717, 1.165) is 0 Å². The number of hydrogen-bond acceptors (Lipinski definition) is 3. The van der Waals surface area contributed by atoms with Crippen molar-refractivity contribution in [3.05, 3.63) is 40.7 Å². The molecule has 0 aliphatic rings. The van der Waals surface area contributed by atoms with Gasteiger partial charge in [-0.25, -0.2) is 9.78 Å². The highest BCUT2D eigenvalue weighted by atomic mass is 16.4. The van der Waals surface area contributed by atoms with Crippen molar-refractivity contribution in [3.63, 3.8) is 0 Å². The third-order valence-corrected chi connectivity index (χ3v) is 3.44. The van der Waals surface area contributed by atoms with Crippen LogP contribution in [-0.4, -0.2) is 31.9 Å². The Morgan fingerprint density at radius 1 is 1.43 bits per heavy atom. The summed E-state index contributed by atoms with van der Waals surface area (Å²) in [6.45, 7) is 5.24. The van der Waals surface area contributed by atoms with Crippen LogP contribution in [0.3, 0.4) is 0 Å². The van der Waals surface area contributed by atoms with Crippen molar-refractivity contribution in [1.82, 2.24) is 20.3 Å². The average Bonchev–Trinajstić information content (AvgIpc) is 3.04. The van der Waals surface area contributed by atoms with Crippen LogP contribution in [0.2, 0.25) is 0 Å². The number of aromatic carboxylic acids is 1. The second-order valence-corrected chi connectivity index (χ2v) is 4.84. The van der Waals surface area contributed by atoms with Gasteiger partial charge >= 0.3 is 5.97 Å². The number of aromatic nitrogens is 3. The third kappa shape index (κ3) is 2.81. The standard InChI is InChI=1S/C14H18N4O3/c1-4-9(12-15-5-6-16-12)18-13(19)10-7(2)11(14(20)21)17-8(10)3/h5-6,9,17H,4H2,1-3H3,(H,15,16)(H,18,19)(H,20,21). The van der Waals surface area contributed by atoms with Gasteiger partial charge in [0.15, 0.2) is 0 Å². The normalized spacial score (nSPS) is 12.1. The molecule has 7 nitrogen and oxygen atoms in total. The molecule has 1 unspecified atom stereocenters. The molecule has 1 atom stereocenters. The molecule has 0 aliphatic heterocycles. The van der Waals surface area contributed by atoms with Gasteiger partial charge < -0.3 is 20.4 Å². The maximum absolute atomic E-state index is 12.4. The van der Waals surface area contributed by atoms with Crippen molar-refractivity contribution in [2.24, 2.45) is 0 Å². The van der Waals surface area contributed by atoms with Gasteiger partial charge in [-0.3, -0.25) is 4.79 Å². The monoisotopic (exact) mass is 290 g/mol. The quantitative estimate of drug-likeness (QED) is 0.674. The molecule has 0 saturated heterocycles. The molecule has 2 aromatic rings. The molecule has 4 N–H and O–H groups in total. The van der Waals surface area contributed by atoms with Gasteiger partial charge in [0.25, 0.3) is 5.91 Å². The zero-order valence-corrected chi connectivity index (χ0v) is 12.2. The Morgan fingerprint density at radius 3 is 2.62 bits per heavy atom. The maximum atomic E-state index is 12.4. The van der Waals surface area contributed by atoms with E-state index in [-0.39, 0.29) is 17.6 Å². The van der Waals surface area contributed by atoms with Crippen LogP contribution in [0.25, 0.3) is 0 Å². The van der Waals surface area contributed by atoms with Crippen molar-refractivity contribution in [1.29, 1.82) is 0 Å². The molecule has 0 spiro atoms. The Labute approximate surface area is 121 Å². The number of aryl methyl sites for hydroxylation is 1. The van der Waals surface area contributed by atoms with Gasteiger partial charge in [-0.1, -0.05) is 6.92 Å². The minimum Gasteiger partial charge on any atom is -0.477 e. The van der Waals surface area contributed by atoms with Gasteiger partial charge in [0.05, 0.1) is 11.6 Å². The van der Waals surface area contributed by atoms with E-state index in [1.54, 1.807) is 26.2 Å². The van der Waals surface area contributed by atoms with E-state index >= 15 is 0 Å². The first-order chi connectivity index (χ1) is 9.95. The lowest BCUT2D eigenvalue weighted by atomic mass is 10.1. The summed E-state index contributed by atoms with van der Waals surface area (Å²) in [7, 11) is 0. The van der Waals surface area contributed by atoms with Crippen molar-refractivity contribution in [2.75, 3.05) is 0 Å². The van der Waals surface area contributed by atoms with E-state index < -0.39 is 5.97 Å². The highest BCUT2D eigenvalue weighted by Crippen LogP contribution is 2.20. The molecule has 0 aromatic carbocycles. The van der Waals surface area contributed by atoms with Crippen molar-refractivity contribution >= 4 is 11.9 Å². The molecule has 0 bridgehead atoms. The Balaban J connectivity index is 2.26. The Bertz CT molecular complexity index is 658. The van der Waals surface area contributed by atoms with Crippen LogP contribution >= 0.6 is 0 Å². The Kier molecular flexibility index (Phi) is 4.11. The SMILES string of the molecule is CCC(NC(=O)c1c(C)[nH]c(C(=O)O)c1C)c1ncc[nH]1. The summed E-state index contributed by atoms with van der Waals surface area (Å²) < 4.78 is 0. The van der Waals surface area contributed by atoms with E-state index in [4.69, 9.17) is 5.11 Å². The zero-order valence-electron chi connectivity index (χ0n) is 12.2. The van der Waals surface area contributed by atoms with E-state index in [1.807, 2.05) is 6.92 Å². The molecular formula is C14H18N4O3. The van der Waals surface area contributed by atoms with Crippen LogP contribution in [0.15, 0.2) is 12.4 Å². The minimum atomic E-state index is -1.08. The summed E-state index contributed by atoms with van der Waals surface area (Å²) in [5.41, 5.74) is 1.39. The maximum Gasteiger partial charge on any atom is 0.352 e. The highest BCUT2D eigenvalue weighted by molar-refractivity contribution is 6.00. The zero-order chi connectivity index (χ0) is 15.6. The number of carbonyl (C=O) groups excluding carboxylic acids is 1. The van der Waals surface area contributed by atoms with Crippen LogP contribution in [0.1, 0.15) is 57.3 Å². The van der Waals surface area contributed by atoms with Gasteiger partial charge in [0.2, 0.25) is 0 Å². The largest absolute Gasteiger partial charge is 0.477 e. The fourth-order valence-electron chi connectivity index (χ4n) is 2.37. The Morgan fingerprint density at radius 2 is 2.14 bits per heavy atom. The number of imidazole rings is 1. The second kappa shape index (κ2) is 5.82. The summed E-state index contributed by atoms with van der Waals surface area (Å²) in [5.74, 6) is -0.708. The molecule has 21 heavy (non-hydrogen) atoms. The fraction of sp³-hybridized carbons (Fsp3) is 0.357. The average molecular weight is 290 g/mol. The molecular weight excluding hydrogens is 272 g/mol. The van der Waals surface area contributed by atoms with Crippen molar-refractivity contribution < 1.29 is 14.7 Å². The van der Waals surface area contributed by atoms with Crippen LogP contribution in [0, 0.1) is 13.8 Å². The van der Waals surface area contributed by atoms with E-state index in [9.17, 15) is 9.59 Å². The van der Waals surface area contributed by atoms with Crippen molar-refractivity contribution in [2.45, 2.75) is 33.2 Å². The molecule has 112 valence electrons. The smallest absolute Gasteiger partial charge is 0.352 e. The molecule has 7 heteroatoms. The number of amides is 1. The number of carboxylic acid groups (broad SMARTS) is 1. The topological polar surface area (TPSA) is 111 Å². The Hall–Kier alpha value is -2.57. The lowest BCUT2D eigenvalue weighted by molar-refractivity contribution is 0.0690. The number of H-pyrrole nitrogens is 2. The van der Waals surface area contributed by atoms with Crippen LogP contribution in [0.5, 0.6) is 0 Å². The van der Waals surface area contributed by atoms with Crippen LogP contribution in [0.4, 0.5) is 0 Å². The van der Waals surface area contributed by atoms with Crippen molar-refractivity contribution in [3.8, 4) is 0 Å². The summed E-state index contributed by atoms with van der Waals surface area (Å²) in [6, 6.07) is -0.241. The first-order valence-corrected chi connectivity index (χ1v) is 6.68. The number of nitrogens with zero attached hydrogens (tertiary/aromatic N) is 1. The number of carboxylic acids is 1. The van der Waals surface area contributed by atoms with Gasteiger partial charge in [-0.2, -0.15) is 0 Å². The number of nitrogens with one attached hydrogen (secondary N) is 3. The fourth-order valence-corrected chi connectivity index (χ4v) is 2.37. The van der Waals surface area contributed by atoms with Crippen LogP contribution < -0.4 is 5.32 Å². The van der Waals surface area contributed by atoms with Gasteiger partial charge in [-0.15, -0.1) is 0 Å². The number of aromatic amines is 2. The van der Waals surface area contributed by atoms with Gasteiger partial charge in [0, 0.05) is 18.1 Å². The molecule has 0 aliphatic carbocycles. The first-order valence-electron chi connectivity index (χ1n) is 6.68. The summed E-state index contributed by atoms with van der Waals surface area (Å²) >= 11 is 0. The van der Waals surface area contributed by atoms with Gasteiger partial charge in [-0.05, 0) is 25.8 Å². The number of carbonyl (C=O) groups is 2. The lowest BCUT2D eigenvalue weighted by Gasteiger charge is -2.15. The predicted octanol–water partition coefficient (Wildman–Crippen LogP) is 1.93. The summed E-state index contributed by atoms with van der Waals surface area (Å²) in [5, 5.41) is 12.0. The summed E-state index contributed by atoms with van der Waals surface area (Å²) in [6.07, 6.45) is 3.99. The molecule has 2 rings (SSSR count). The lowest BCUT2D eigenvalue weighted by Crippen LogP contribution is -2.29. The van der Waals surface area contributed by atoms with E-state index in [2.05, 4.69) is 20.3 Å². The van der Waals surface area contributed by atoms with E-state index in [1.165, 1.54) is 0 Å². The second-order valence-electron chi connectivity index (χ2n) is 4.84. The molecule has 1 amide bonds. The number of hydrogen-bond donors (Lipinski definition) is 4. The van der Waals surface area contributed by atoms with Crippen LogP contribution in [-0.2, 0) is 0 Å². The third-order valence-electron chi connectivity index (χ3n) is 3.44. The van der Waals surface area contributed by atoms with E-state index in [0.29, 0.717) is 29.1 Å². The molecule has 2 heterocycles. The molecule has 0 radical (unpaired) electrons. The summed E-state index contributed by atoms with van der Waals surface area (Å²) in [4.78, 5) is 33.4. The minimum absolute atomic E-state index is 0.0451. The number of rotatable bonds is 5. The predicted molar refractivity (Wildman–Crippen MR) is 76.3 cm³/mol. The molecule has 0 saturated carbocycles. The first kappa shape index (κ1) is 14.8. The highest BCUT2D eigenvalue weighted by Gasteiger charge is 2.24.